The molecule has 0 unspecified atom stereocenters. The number of rotatable bonds is 3. The van der Waals surface area contributed by atoms with Crippen molar-refractivity contribution in [2.45, 2.75) is 18.1 Å². The molecule has 0 radical (unpaired) electrons. The molecule has 2 N–H and O–H groups in total. The third-order valence-electron chi connectivity index (χ3n) is 1.95. The number of halogens is 1. The number of nitrogens with one attached hydrogen (secondary N) is 1. The molecule has 1 saturated heterocycles. The Kier molecular flexibility index (Phi) is 2.69. The average Bonchev–Trinajstić information content (AvgIpc) is 2.46. The normalized spacial score (nSPS) is 32.5. The van der Waals surface area contributed by atoms with Gasteiger partial charge in [-0.15, -0.1) is 0 Å². The molecule has 0 aromatic rings. The van der Waals surface area contributed by atoms with Crippen molar-refractivity contribution in [3.63, 3.8) is 0 Å². The Bertz CT molecular complexity index is 265. The summed E-state index contributed by atoms with van der Waals surface area (Å²) in [6.45, 7) is -0.400. The van der Waals surface area contributed by atoms with Gasteiger partial charge in [0.1, 0.15) is 11.7 Å². The molecule has 13 heavy (non-hydrogen) atoms. The van der Waals surface area contributed by atoms with Gasteiger partial charge in [0.05, 0.1) is 6.54 Å². The summed E-state index contributed by atoms with van der Waals surface area (Å²) < 4.78 is 13.5. The summed E-state index contributed by atoms with van der Waals surface area (Å²) in [6, 6.07) is -0.876. The first-order valence-corrected chi connectivity index (χ1v) is 3.73. The summed E-state index contributed by atoms with van der Waals surface area (Å²) in [6.07, 6.45) is -0.151. The van der Waals surface area contributed by atoms with Gasteiger partial charge >= 0.3 is 5.97 Å². The topological polar surface area (TPSA) is 98.1 Å². The minimum absolute atomic E-state index is 0.0804. The Morgan fingerprint density at radius 1 is 1.92 bits per heavy atom. The zero-order valence-corrected chi connectivity index (χ0v) is 6.77. The second-order valence-corrected chi connectivity index (χ2v) is 3.02. The molecule has 1 fully saturated rings. The van der Waals surface area contributed by atoms with Crippen LogP contribution in [0.1, 0.15) is 6.42 Å². The highest BCUT2D eigenvalue weighted by molar-refractivity contribution is 5.74. The van der Waals surface area contributed by atoms with E-state index in [1.165, 1.54) is 0 Å². The van der Waals surface area contributed by atoms with E-state index >= 15 is 0 Å². The van der Waals surface area contributed by atoms with Crippen molar-refractivity contribution >= 4 is 5.97 Å². The SMILES string of the molecule is [N-]=[N+]=NC[C@]1(F)CN[C@H](C(=O)O)C1. The summed E-state index contributed by atoms with van der Waals surface area (Å²) in [5.74, 6) is -1.08. The van der Waals surface area contributed by atoms with Crippen molar-refractivity contribution in [2.24, 2.45) is 5.11 Å². The van der Waals surface area contributed by atoms with Crippen molar-refractivity contribution < 1.29 is 14.3 Å². The number of alkyl halides is 1. The van der Waals surface area contributed by atoms with Gasteiger partial charge in [0, 0.05) is 17.9 Å². The molecule has 0 amide bonds. The van der Waals surface area contributed by atoms with Crippen LogP contribution in [0.2, 0.25) is 0 Å². The van der Waals surface area contributed by atoms with Crippen LogP contribution in [-0.4, -0.2) is 35.9 Å². The van der Waals surface area contributed by atoms with Gasteiger partial charge in [-0.1, -0.05) is 5.11 Å². The molecule has 0 bridgehead atoms. The highest BCUT2D eigenvalue weighted by atomic mass is 19.1. The minimum atomic E-state index is -1.71. The van der Waals surface area contributed by atoms with Crippen LogP contribution in [0, 0.1) is 0 Å². The lowest BCUT2D eigenvalue weighted by Crippen LogP contribution is -2.30. The van der Waals surface area contributed by atoms with Crippen LogP contribution in [0.3, 0.4) is 0 Å². The lowest BCUT2D eigenvalue weighted by molar-refractivity contribution is -0.139. The van der Waals surface area contributed by atoms with Crippen LogP contribution in [0.25, 0.3) is 10.4 Å². The highest BCUT2D eigenvalue weighted by Gasteiger charge is 2.41. The Hall–Kier alpha value is -1.33. The highest BCUT2D eigenvalue weighted by Crippen LogP contribution is 2.24. The maximum absolute atomic E-state index is 13.5. The fraction of sp³-hybridized carbons (Fsp3) is 0.833. The van der Waals surface area contributed by atoms with Crippen LogP contribution in [0.15, 0.2) is 5.11 Å². The lowest BCUT2D eigenvalue weighted by atomic mass is 10.0. The number of aliphatic carboxylic acids is 1. The number of hydrogen-bond acceptors (Lipinski definition) is 3. The van der Waals surface area contributed by atoms with Gasteiger partial charge in [-0.05, 0) is 5.53 Å². The van der Waals surface area contributed by atoms with Crippen LogP contribution in [0.4, 0.5) is 4.39 Å². The number of hydrogen-bond donors (Lipinski definition) is 2. The summed E-state index contributed by atoms with van der Waals surface area (Å²) in [7, 11) is 0. The molecule has 7 heteroatoms. The molecule has 0 aliphatic carbocycles. The maximum Gasteiger partial charge on any atom is 0.320 e. The van der Waals surface area contributed by atoms with Crippen molar-refractivity contribution in [1.29, 1.82) is 0 Å². The van der Waals surface area contributed by atoms with E-state index in [0.717, 1.165) is 0 Å². The molecule has 1 rings (SSSR count). The minimum Gasteiger partial charge on any atom is -0.480 e. The fourth-order valence-corrected chi connectivity index (χ4v) is 1.27. The van der Waals surface area contributed by atoms with Gasteiger partial charge in [0.2, 0.25) is 0 Å². The smallest absolute Gasteiger partial charge is 0.320 e. The Balaban J connectivity index is 2.55. The lowest BCUT2D eigenvalue weighted by Gasteiger charge is -2.13. The Morgan fingerprint density at radius 3 is 3.08 bits per heavy atom. The van der Waals surface area contributed by atoms with Gasteiger partial charge in [-0.2, -0.15) is 0 Å². The standard InChI is InChI=1S/C6H9FN4O2/c7-6(3-10-11-8)1-4(5(12)13)9-2-6/h4,9H,1-3H2,(H,12,13)/t4-,6+/m0/s1. The first kappa shape index (κ1) is 9.76. The van der Waals surface area contributed by atoms with E-state index in [2.05, 4.69) is 15.3 Å². The average molecular weight is 188 g/mol. The van der Waals surface area contributed by atoms with E-state index in [1.807, 2.05) is 0 Å². The van der Waals surface area contributed by atoms with Crippen molar-refractivity contribution in [2.75, 3.05) is 13.1 Å². The predicted octanol–water partition coefficient (Wildman–Crippen LogP) is 0.451. The number of carboxylic acids is 1. The third-order valence-corrected chi connectivity index (χ3v) is 1.95. The molecule has 6 nitrogen and oxygen atoms in total. The van der Waals surface area contributed by atoms with Crippen molar-refractivity contribution in [3.05, 3.63) is 10.4 Å². The molecular formula is C6H9FN4O2. The first-order valence-electron chi connectivity index (χ1n) is 3.73. The summed E-state index contributed by atoms with van der Waals surface area (Å²) in [4.78, 5) is 12.9. The van der Waals surface area contributed by atoms with Crippen LogP contribution >= 0.6 is 0 Å². The van der Waals surface area contributed by atoms with E-state index < -0.39 is 17.7 Å². The van der Waals surface area contributed by atoms with Crippen LogP contribution < -0.4 is 5.32 Å². The zero-order chi connectivity index (χ0) is 9.90. The molecule has 1 heterocycles. The zero-order valence-electron chi connectivity index (χ0n) is 6.77. The molecule has 1 aliphatic rings. The maximum atomic E-state index is 13.5. The van der Waals surface area contributed by atoms with Crippen LogP contribution in [0.5, 0.6) is 0 Å². The second-order valence-electron chi connectivity index (χ2n) is 3.02. The third kappa shape index (κ3) is 2.30. The number of azide groups is 1. The Labute approximate surface area is 73.4 Å². The Morgan fingerprint density at radius 2 is 2.62 bits per heavy atom. The number of carboxylic acid groups (broad SMARTS) is 1. The quantitative estimate of drug-likeness (QED) is 0.382. The van der Waals surface area contributed by atoms with Gasteiger partial charge in [0.25, 0.3) is 0 Å². The summed E-state index contributed by atoms with van der Waals surface area (Å²) in [5, 5.41) is 14.1. The van der Waals surface area contributed by atoms with E-state index in [-0.39, 0.29) is 19.5 Å². The number of nitrogens with zero attached hydrogens (tertiary/aromatic N) is 3. The van der Waals surface area contributed by atoms with Crippen LogP contribution in [-0.2, 0) is 4.79 Å². The molecular weight excluding hydrogens is 179 g/mol. The van der Waals surface area contributed by atoms with Gasteiger partial charge in [-0.3, -0.25) is 4.79 Å². The first-order chi connectivity index (χ1) is 6.07. The summed E-state index contributed by atoms with van der Waals surface area (Å²) in [5.41, 5.74) is 6.26. The molecule has 0 spiro atoms. The molecule has 1 aliphatic heterocycles. The van der Waals surface area contributed by atoms with Gasteiger partial charge < -0.3 is 10.4 Å². The predicted molar refractivity (Wildman–Crippen MR) is 41.9 cm³/mol. The van der Waals surface area contributed by atoms with Crippen molar-refractivity contribution in [3.8, 4) is 0 Å². The summed E-state index contributed by atoms with van der Waals surface area (Å²) >= 11 is 0. The molecule has 72 valence electrons. The van der Waals surface area contributed by atoms with Gasteiger partial charge in [-0.25, -0.2) is 4.39 Å². The molecule has 2 atom stereocenters. The van der Waals surface area contributed by atoms with E-state index in [0.29, 0.717) is 0 Å². The van der Waals surface area contributed by atoms with E-state index in [1.54, 1.807) is 0 Å². The molecule has 0 aromatic heterocycles. The largest absolute Gasteiger partial charge is 0.480 e. The van der Waals surface area contributed by atoms with E-state index in [4.69, 9.17) is 10.6 Å². The number of carbonyl (C=O) groups is 1. The monoisotopic (exact) mass is 188 g/mol. The van der Waals surface area contributed by atoms with Crippen molar-refractivity contribution in [1.82, 2.24) is 5.32 Å². The van der Waals surface area contributed by atoms with Gasteiger partial charge in [0.15, 0.2) is 0 Å². The molecule has 0 aromatic carbocycles. The fourth-order valence-electron chi connectivity index (χ4n) is 1.27. The molecule has 0 saturated carbocycles. The second kappa shape index (κ2) is 3.59. The van der Waals surface area contributed by atoms with E-state index in [9.17, 15) is 9.18 Å².